The lowest BCUT2D eigenvalue weighted by Gasteiger charge is -2.19. The maximum absolute atomic E-state index is 12.7. The number of hydrogen-bond acceptors (Lipinski definition) is 8. The van der Waals surface area contributed by atoms with Gasteiger partial charge in [0, 0.05) is 18.3 Å². The summed E-state index contributed by atoms with van der Waals surface area (Å²) in [5, 5.41) is 4.43. The molecule has 176 valence electrons. The number of hydrogen-bond donors (Lipinski definition) is 3. The van der Waals surface area contributed by atoms with Crippen molar-refractivity contribution in [3.05, 3.63) is 48.0 Å². The van der Waals surface area contributed by atoms with Crippen LogP contribution in [0.3, 0.4) is 0 Å². The van der Waals surface area contributed by atoms with Crippen LogP contribution in [0.2, 0.25) is 0 Å². The van der Waals surface area contributed by atoms with Gasteiger partial charge in [0.2, 0.25) is 0 Å². The second kappa shape index (κ2) is 10.2. The zero-order valence-corrected chi connectivity index (χ0v) is 18.7. The van der Waals surface area contributed by atoms with Gasteiger partial charge < -0.3 is 19.5 Å². The number of urea groups is 1. The fourth-order valence-corrected chi connectivity index (χ4v) is 3.85. The summed E-state index contributed by atoms with van der Waals surface area (Å²) in [6, 6.07) is 9.05. The number of sulfonamides is 1. The van der Waals surface area contributed by atoms with Gasteiger partial charge in [0.25, 0.3) is 15.9 Å². The van der Waals surface area contributed by atoms with Crippen LogP contribution in [0.25, 0.3) is 0 Å². The number of rotatable bonds is 7. The quantitative estimate of drug-likeness (QED) is 0.510. The molecule has 0 spiro atoms. The fraction of sp³-hybridized carbons (Fsp3) is 0.286. The number of ether oxygens (including phenoxy) is 3. The molecule has 1 atom stereocenters. The van der Waals surface area contributed by atoms with Gasteiger partial charge >= 0.3 is 12.0 Å². The average Bonchev–Trinajstić information content (AvgIpc) is 2.79. The van der Waals surface area contributed by atoms with Crippen LogP contribution in [0.15, 0.2) is 47.4 Å². The largest absolute Gasteiger partial charge is 0.486 e. The molecule has 0 fully saturated rings. The highest BCUT2D eigenvalue weighted by atomic mass is 32.2. The van der Waals surface area contributed by atoms with Gasteiger partial charge in [0.15, 0.2) is 17.6 Å². The lowest BCUT2D eigenvalue weighted by Crippen LogP contribution is -2.44. The summed E-state index contributed by atoms with van der Waals surface area (Å²) in [6.45, 7) is 4.06. The number of carbonyl (C=O) groups excluding carboxylic acids is 3. The van der Waals surface area contributed by atoms with Crippen molar-refractivity contribution in [3.63, 3.8) is 0 Å². The van der Waals surface area contributed by atoms with E-state index in [0.717, 1.165) is 0 Å². The van der Waals surface area contributed by atoms with E-state index < -0.39 is 34.0 Å². The Morgan fingerprint density at radius 1 is 1.03 bits per heavy atom. The van der Waals surface area contributed by atoms with Crippen LogP contribution in [0.4, 0.5) is 10.5 Å². The molecule has 0 saturated heterocycles. The van der Waals surface area contributed by atoms with Crippen molar-refractivity contribution in [2.75, 3.05) is 24.5 Å². The first kappa shape index (κ1) is 23.9. The Kier molecular flexibility index (Phi) is 7.38. The molecule has 1 aliphatic rings. The SMILES string of the molecule is CCNC(=O)NC(=O)C(C)OC(=O)c1ccc(NS(=O)(=O)c2ccc3c(c2)OCCO3)cc1. The van der Waals surface area contributed by atoms with Gasteiger partial charge in [-0.05, 0) is 50.2 Å². The number of carbonyl (C=O) groups is 3. The summed E-state index contributed by atoms with van der Waals surface area (Å²) in [5.41, 5.74) is 0.304. The van der Waals surface area contributed by atoms with Crippen LogP contribution in [0.1, 0.15) is 24.2 Å². The third-order valence-corrected chi connectivity index (χ3v) is 5.80. The Bertz CT molecular complexity index is 1150. The molecule has 0 saturated carbocycles. The molecule has 0 bridgehead atoms. The molecule has 1 heterocycles. The normalized spacial score (nSPS) is 13.4. The zero-order chi connectivity index (χ0) is 24.0. The average molecular weight is 477 g/mol. The standard InChI is InChI=1S/C21H23N3O8S/c1-3-22-21(27)23-19(25)13(2)32-20(26)14-4-6-15(7-5-14)24-33(28,29)16-8-9-17-18(12-16)31-11-10-30-17/h4-9,12-13,24H,3,10-11H2,1-2H3,(H2,22,23,25,27). The van der Waals surface area contributed by atoms with Gasteiger partial charge in [-0.3, -0.25) is 14.8 Å². The first-order chi connectivity index (χ1) is 15.7. The molecule has 1 aliphatic heterocycles. The Morgan fingerprint density at radius 2 is 1.70 bits per heavy atom. The predicted octanol–water partition coefficient (Wildman–Crippen LogP) is 1.65. The van der Waals surface area contributed by atoms with Crippen LogP contribution in [0, 0.1) is 0 Å². The van der Waals surface area contributed by atoms with E-state index in [-0.39, 0.29) is 16.1 Å². The van der Waals surface area contributed by atoms with E-state index in [0.29, 0.717) is 31.3 Å². The highest BCUT2D eigenvalue weighted by Gasteiger charge is 2.22. The summed E-state index contributed by atoms with van der Waals surface area (Å²) < 4.78 is 43.6. The maximum Gasteiger partial charge on any atom is 0.338 e. The third-order valence-electron chi connectivity index (χ3n) is 4.42. The van der Waals surface area contributed by atoms with Crippen molar-refractivity contribution >= 4 is 33.6 Å². The lowest BCUT2D eigenvalue weighted by molar-refractivity contribution is -0.127. The molecule has 12 heteroatoms. The number of fused-ring (bicyclic) bond motifs is 1. The van der Waals surface area contributed by atoms with Crippen molar-refractivity contribution in [2.24, 2.45) is 0 Å². The minimum atomic E-state index is -3.92. The number of imide groups is 1. The molecule has 0 aromatic heterocycles. The van der Waals surface area contributed by atoms with Crippen molar-refractivity contribution in [2.45, 2.75) is 24.8 Å². The van der Waals surface area contributed by atoms with Gasteiger partial charge in [-0.15, -0.1) is 0 Å². The molecule has 0 aliphatic carbocycles. The molecule has 33 heavy (non-hydrogen) atoms. The van der Waals surface area contributed by atoms with E-state index in [1.165, 1.54) is 49.4 Å². The summed E-state index contributed by atoms with van der Waals surface area (Å²) in [5.74, 6) is -0.780. The van der Waals surface area contributed by atoms with Crippen molar-refractivity contribution < 1.29 is 37.0 Å². The number of amides is 3. The monoisotopic (exact) mass is 477 g/mol. The predicted molar refractivity (Wildman–Crippen MR) is 117 cm³/mol. The van der Waals surface area contributed by atoms with Crippen LogP contribution >= 0.6 is 0 Å². The molecule has 11 nitrogen and oxygen atoms in total. The molecule has 3 N–H and O–H groups in total. The number of esters is 1. The molecular weight excluding hydrogens is 454 g/mol. The summed E-state index contributed by atoms with van der Waals surface area (Å²) in [4.78, 5) is 35.5. The van der Waals surface area contributed by atoms with Crippen molar-refractivity contribution in [1.82, 2.24) is 10.6 Å². The van der Waals surface area contributed by atoms with E-state index in [2.05, 4.69) is 10.0 Å². The van der Waals surface area contributed by atoms with Crippen LogP contribution in [-0.4, -0.2) is 52.2 Å². The minimum Gasteiger partial charge on any atom is -0.486 e. The topological polar surface area (TPSA) is 149 Å². The van der Waals surface area contributed by atoms with Crippen molar-refractivity contribution in [3.8, 4) is 11.5 Å². The molecule has 3 rings (SSSR count). The Balaban J connectivity index is 1.62. The number of anilines is 1. The maximum atomic E-state index is 12.7. The molecule has 0 radical (unpaired) electrons. The lowest BCUT2D eigenvalue weighted by atomic mass is 10.2. The second-order valence-electron chi connectivity index (χ2n) is 6.88. The van der Waals surface area contributed by atoms with Gasteiger partial charge in [0.1, 0.15) is 13.2 Å². The van der Waals surface area contributed by atoms with E-state index in [4.69, 9.17) is 14.2 Å². The first-order valence-corrected chi connectivity index (χ1v) is 11.5. The zero-order valence-electron chi connectivity index (χ0n) is 17.9. The van der Waals surface area contributed by atoms with Crippen LogP contribution in [-0.2, 0) is 19.6 Å². The van der Waals surface area contributed by atoms with Gasteiger partial charge in [-0.2, -0.15) is 0 Å². The third kappa shape index (κ3) is 6.13. The van der Waals surface area contributed by atoms with Gasteiger partial charge in [-0.25, -0.2) is 18.0 Å². The molecule has 2 aromatic carbocycles. The summed E-state index contributed by atoms with van der Waals surface area (Å²) in [6.07, 6.45) is -1.21. The number of benzene rings is 2. The first-order valence-electron chi connectivity index (χ1n) is 10.0. The fourth-order valence-electron chi connectivity index (χ4n) is 2.78. The molecule has 1 unspecified atom stereocenters. The Labute approximate surface area is 190 Å². The van der Waals surface area contributed by atoms with Gasteiger partial charge in [0.05, 0.1) is 10.5 Å². The highest BCUT2D eigenvalue weighted by Crippen LogP contribution is 2.32. The molecular formula is C21H23N3O8S. The Morgan fingerprint density at radius 3 is 2.36 bits per heavy atom. The number of nitrogens with one attached hydrogen (secondary N) is 3. The van der Waals surface area contributed by atoms with E-state index in [1.807, 2.05) is 5.32 Å². The molecule has 3 amide bonds. The van der Waals surface area contributed by atoms with Crippen molar-refractivity contribution in [1.29, 1.82) is 0 Å². The smallest absolute Gasteiger partial charge is 0.338 e. The second-order valence-corrected chi connectivity index (χ2v) is 8.57. The Hall–Kier alpha value is -3.80. The highest BCUT2D eigenvalue weighted by molar-refractivity contribution is 7.92. The minimum absolute atomic E-state index is 0.0119. The van der Waals surface area contributed by atoms with E-state index >= 15 is 0 Å². The molecule has 2 aromatic rings. The van der Waals surface area contributed by atoms with Gasteiger partial charge in [-0.1, -0.05) is 0 Å². The van der Waals surface area contributed by atoms with E-state index in [1.54, 1.807) is 6.92 Å². The van der Waals surface area contributed by atoms with Crippen LogP contribution < -0.4 is 24.8 Å². The summed E-state index contributed by atoms with van der Waals surface area (Å²) >= 11 is 0. The van der Waals surface area contributed by atoms with E-state index in [9.17, 15) is 22.8 Å². The summed E-state index contributed by atoms with van der Waals surface area (Å²) in [7, 11) is -3.92. The van der Waals surface area contributed by atoms with Crippen LogP contribution in [0.5, 0.6) is 11.5 Å².